The summed E-state index contributed by atoms with van der Waals surface area (Å²) in [5.41, 5.74) is 0. The average Bonchev–Trinajstić information content (AvgIpc) is 2.92. The Bertz CT molecular complexity index is 545. The normalized spacial score (nSPS) is 16.2. The van der Waals surface area contributed by atoms with E-state index in [-0.39, 0.29) is 25.9 Å². The minimum Gasteiger partial charge on any atom is -0.396 e. The van der Waals surface area contributed by atoms with Crippen LogP contribution in [-0.4, -0.2) is 127 Å². The Morgan fingerprint density at radius 1 is 0.417 bits per heavy atom. The molecule has 0 aliphatic rings. The summed E-state index contributed by atoms with van der Waals surface area (Å²) in [6, 6.07) is 1.24. The molecule has 218 valence electrons. The third-order valence-corrected chi connectivity index (χ3v) is 20.6. The molecule has 0 aromatic carbocycles. The first-order valence-corrected chi connectivity index (χ1v) is 19.7. The molecule has 0 radical (unpaired) electrons. The third-order valence-electron chi connectivity index (χ3n) is 5.55. The molecule has 0 heterocycles. The molecule has 2 unspecified atom stereocenters. The molecule has 0 aromatic rings. The van der Waals surface area contributed by atoms with Crippen molar-refractivity contribution in [2.24, 2.45) is 0 Å². The Morgan fingerprint density at radius 2 is 0.694 bits per heavy atom. The summed E-state index contributed by atoms with van der Waals surface area (Å²) in [4.78, 5) is 0. The van der Waals surface area contributed by atoms with Gasteiger partial charge in [0.1, 0.15) is 0 Å². The summed E-state index contributed by atoms with van der Waals surface area (Å²) in [6.45, 7) is 0.184. The fraction of sp³-hybridized carbons (Fsp3) is 1.00. The van der Waals surface area contributed by atoms with Gasteiger partial charge in [-0.15, -0.1) is 0 Å². The van der Waals surface area contributed by atoms with E-state index in [1.807, 2.05) is 0 Å². The maximum atomic E-state index is 9.61. The van der Waals surface area contributed by atoms with E-state index in [0.29, 0.717) is 50.4 Å². The smallest absolute Gasteiger partial charge is 0.396 e. The summed E-state index contributed by atoms with van der Waals surface area (Å²) >= 11 is 0. The van der Waals surface area contributed by atoms with E-state index >= 15 is 0 Å². The number of aliphatic hydroxyl groups is 3. The highest BCUT2D eigenvalue weighted by Gasteiger charge is 2.60. The number of hydrogen-bond acceptors (Lipinski definition) is 13. The van der Waals surface area contributed by atoms with Crippen molar-refractivity contribution in [1.29, 1.82) is 0 Å². The molecule has 13 nitrogen and oxygen atoms in total. The highest BCUT2D eigenvalue weighted by molar-refractivity contribution is 6.83. The first-order valence-electron chi connectivity index (χ1n) is 12.0. The molecule has 0 aliphatic carbocycles. The third kappa shape index (κ3) is 11.6. The van der Waals surface area contributed by atoms with Gasteiger partial charge < -0.3 is 59.0 Å². The Kier molecular flexibility index (Phi) is 19.6. The van der Waals surface area contributed by atoms with Gasteiger partial charge in [-0.2, -0.15) is 0 Å². The molecular formula is C19H48O13Si4. The van der Waals surface area contributed by atoms with Crippen molar-refractivity contribution >= 4 is 35.2 Å². The van der Waals surface area contributed by atoms with Crippen molar-refractivity contribution in [3.63, 3.8) is 0 Å². The van der Waals surface area contributed by atoms with Gasteiger partial charge in [0.05, 0.1) is 0 Å². The van der Waals surface area contributed by atoms with Crippen LogP contribution in [0.4, 0.5) is 0 Å². The molecule has 0 saturated carbocycles. The molecule has 0 aromatic heterocycles. The van der Waals surface area contributed by atoms with Gasteiger partial charge in [0, 0.05) is 100 Å². The van der Waals surface area contributed by atoms with E-state index in [0.717, 1.165) is 0 Å². The van der Waals surface area contributed by atoms with Crippen molar-refractivity contribution in [3.05, 3.63) is 0 Å². The monoisotopic (exact) mass is 596 g/mol. The summed E-state index contributed by atoms with van der Waals surface area (Å²) in [5.74, 6) is 0. The summed E-state index contributed by atoms with van der Waals surface area (Å²) in [7, 11) is -3.54. The molecule has 0 bridgehead atoms. The van der Waals surface area contributed by atoms with Crippen LogP contribution in [0.25, 0.3) is 0 Å². The molecule has 17 heteroatoms. The van der Waals surface area contributed by atoms with E-state index in [9.17, 15) is 15.3 Å². The zero-order valence-electron chi connectivity index (χ0n) is 22.9. The molecule has 0 aliphatic heterocycles. The zero-order chi connectivity index (χ0) is 27.6. The van der Waals surface area contributed by atoms with Crippen LogP contribution in [0.3, 0.4) is 0 Å². The standard InChI is InChI=1S/C19H48O13Si4/c1-23-15-11-19-36(29-7,31-34(26-4,27-5)17-9-13-21)32-35(28-6,18-10-14-22)30-33(24-2,25-3)16-8-12-20/h20-22H,8-19H2,1-7H3. The number of ether oxygens (including phenoxy) is 1. The van der Waals surface area contributed by atoms with Crippen molar-refractivity contribution in [2.45, 2.75) is 49.9 Å². The molecule has 0 fully saturated rings. The van der Waals surface area contributed by atoms with Gasteiger partial charge in [-0.25, -0.2) is 0 Å². The van der Waals surface area contributed by atoms with Crippen molar-refractivity contribution in [1.82, 2.24) is 0 Å². The van der Waals surface area contributed by atoms with Crippen LogP contribution >= 0.6 is 0 Å². The summed E-state index contributed by atoms with van der Waals surface area (Å²) < 4.78 is 59.8. The SMILES string of the molecule is COCCC[Si](OC)(O[Si](CCCO)(OC)OC)O[Si](CCCO)(OC)O[Si](CCCO)(OC)OC. The van der Waals surface area contributed by atoms with Crippen LogP contribution in [0.5, 0.6) is 0 Å². The molecule has 0 rings (SSSR count). The predicted molar refractivity (Wildman–Crippen MR) is 139 cm³/mol. The van der Waals surface area contributed by atoms with Gasteiger partial charge in [0.2, 0.25) is 0 Å². The molecule has 3 N–H and O–H groups in total. The Hall–Kier alpha value is 0.348. The molecule has 2 atom stereocenters. The second kappa shape index (κ2) is 19.4. The minimum absolute atomic E-state index is 0.0616. The van der Waals surface area contributed by atoms with E-state index in [2.05, 4.69) is 0 Å². The molecule has 36 heavy (non-hydrogen) atoms. The van der Waals surface area contributed by atoms with Gasteiger partial charge in [0.25, 0.3) is 0 Å². The fourth-order valence-electron chi connectivity index (χ4n) is 3.49. The zero-order valence-corrected chi connectivity index (χ0v) is 26.9. The highest BCUT2D eigenvalue weighted by atomic mass is 28.5. The fourth-order valence-corrected chi connectivity index (χ4v) is 19.3. The Labute approximate surface area is 220 Å². The number of rotatable bonds is 25. The summed E-state index contributed by atoms with van der Waals surface area (Å²) in [6.07, 6.45) is 1.67. The molecular weight excluding hydrogens is 549 g/mol. The number of aliphatic hydroxyl groups excluding tert-OH is 3. The van der Waals surface area contributed by atoms with Crippen LogP contribution in [0.2, 0.25) is 24.2 Å². The van der Waals surface area contributed by atoms with Gasteiger partial charge in [-0.1, -0.05) is 0 Å². The minimum atomic E-state index is -3.69. The quantitative estimate of drug-likeness (QED) is 0.101. The largest absolute Gasteiger partial charge is 0.493 e. The van der Waals surface area contributed by atoms with E-state index in [4.69, 9.17) is 43.6 Å². The van der Waals surface area contributed by atoms with Gasteiger partial charge in [0.15, 0.2) is 0 Å². The number of hydrogen-bond donors (Lipinski definition) is 3. The number of methoxy groups -OCH3 is 1. The predicted octanol–water partition coefficient (Wildman–Crippen LogP) is 0.854. The van der Waals surface area contributed by atoms with Crippen LogP contribution < -0.4 is 0 Å². The lowest BCUT2D eigenvalue weighted by molar-refractivity contribution is 0.0577. The molecule has 0 amide bonds. The maximum Gasteiger partial charge on any atom is 0.493 e. The first kappa shape index (κ1) is 36.3. The van der Waals surface area contributed by atoms with E-state index in [1.54, 1.807) is 7.11 Å². The Balaban J connectivity index is 6.52. The van der Waals surface area contributed by atoms with Crippen molar-refractivity contribution in [2.75, 3.05) is 76.2 Å². The average molecular weight is 597 g/mol. The van der Waals surface area contributed by atoms with E-state index < -0.39 is 35.2 Å². The van der Waals surface area contributed by atoms with Crippen molar-refractivity contribution in [3.8, 4) is 0 Å². The lowest BCUT2D eigenvalue weighted by Crippen LogP contribution is -2.66. The van der Waals surface area contributed by atoms with Gasteiger partial charge in [-0.3, -0.25) is 0 Å². The van der Waals surface area contributed by atoms with Gasteiger partial charge in [-0.05, 0) is 25.7 Å². The lowest BCUT2D eigenvalue weighted by Gasteiger charge is -2.43. The van der Waals surface area contributed by atoms with Crippen LogP contribution in [0, 0.1) is 0 Å². The summed E-state index contributed by atoms with van der Waals surface area (Å²) in [5, 5.41) is 28.4. The maximum absolute atomic E-state index is 9.61. The second-order valence-corrected chi connectivity index (χ2v) is 20.2. The van der Waals surface area contributed by atoms with Crippen LogP contribution in [-0.2, 0) is 43.6 Å². The topological polar surface area (TPSA) is 153 Å². The van der Waals surface area contributed by atoms with Gasteiger partial charge >= 0.3 is 35.2 Å². The second-order valence-electron chi connectivity index (χ2n) is 7.84. The van der Waals surface area contributed by atoms with Crippen LogP contribution in [0.1, 0.15) is 25.7 Å². The first-order chi connectivity index (χ1) is 17.2. The van der Waals surface area contributed by atoms with E-state index in [1.165, 1.54) is 42.7 Å². The lowest BCUT2D eigenvalue weighted by atomic mass is 10.5. The highest BCUT2D eigenvalue weighted by Crippen LogP contribution is 2.34. The molecule has 0 saturated heterocycles. The molecule has 0 spiro atoms. The Morgan fingerprint density at radius 3 is 0.972 bits per heavy atom. The van der Waals surface area contributed by atoms with Crippen molar-refractivity contribution < 1.29 is 59.0 Å². The van der Waals surface area contributed by atoms with Crippen LogP contribution in [0.15, 0.2) is 0 Å².